The number of aromatic nitrogens is 1. The molecule has 9 heteroatoms. The van der Waals surface area contributed by atoms with E-state index in [9.17, 15) is 18.4 Å². The van der Waals surface area contributed by atoms with Crippen LogP contribution in [0.1, 0.15) is 29.4 Å². The molecule has 0 aliphatic carbocycles. The Morgan fingerprint density at radius 3 is 2.64 bits per heavy atom. The van der Waals surface area contributed by atoms with Gasteiger partial charge in [-0.25, -0.2) is 13.6 Å². The molecule has 170 valence electrons. The lowest BCUT2D eigenvalue weighted by Crippen LogP contribution is -2.44. The molecule has 0 saturated carbocycles. The maximum Gasteiger partial charge on any atom is 0.354 e. The Morgan fingerprint density at radius 2 is 1.88 bits per heavy atom. The van der Waals surface area contributed by atoms with E-state index in [1.165, 1.54) is 6.07 Å². The van der Waals surface area contributed by atoms with Gasteiger partial charge in [-0.05, 0) is 30.5 Å². The van der Waals surface area contributed by atoms with E-state index in [1.54, 1.807) is 25.3 Å². The Bertz CT molecular complexity index is 1220. The van der Waals surface area contributed by atoms with Gasteiger partial charge in [0.25, 0.3) is 5.91 Å². The SMILES string of the molecule is CCOC(=O)C1(Cc2c(F)cccc2F)CC(CNC(=O)c2nccc3ccccc23)=NO1. The third-order valence-corrected chi connectivity index (χ3v) is 5.35. The maximum absolute atomic E-state index is 14.2. The first-order chi connectivity index (χ1) is 15.9. The lowest BCUT2D eigenvalue weighted by atomic mass is 9.89. The fourth-order valence-electron chi connectivity index (χ4n) is 3.73. The number of halogens is 2. The van der Waals surface area contributed by atoms with E-state index in [0.29, 0.717) is 11.1 Å². The van der Waals surface area contributed by atoms with Crippen LogP contribution in [0.4, 0.5) is 8.78 Å². The third-order valence-electron chi connectivity index (χ3n) is 5.35. The number of hydrogen-bond donors (Lipinski definition) is 1. The minimum atomic E-state index is -1.73. The minimum Gasteiger partial charge on any atom is -0.463 e. The molecule has 0 fully saturated rings. The molecule has 1 aliphatic heterocycles. The van der Waals surface area contributed by atoms with Crippen molar-refractivity contribution in [3.63, 3.8) is 0 Å². The van der Waals surface area contributed by atoms with Crippen LogP contribution in [-0.4, -0.2) is 41.3 Å². The van der Waals surface area contributed by atoms with Crippen LogP contribution in [-0.2, 0) is 20.8 Å². The summed E-state index contributed by atoms with van der Waals surface area (Å²) >= 11 is 0. The normalized spacial score (nSPS) is 17.4. The van der Waals surface area contributed by atoms with Crippen LogP contribution in [0.25, 0.3) is 10.8 Å². The number of fused-ring (bicyclic) bond motifs is 1. The molecule has 33 heavy (non-hydrogen) atoms. The van der Waals surface area contributed by atoms with Crippen molar-refractivity contribution in [2.24, 2.45) is 5.16 Å². The number of hydrogen-bond acceptors (Lipinski definition) is 6. The highest BCUT2D eigenvalue weighted by molar-refractivity contribution is 6.06. The summed E-state index contributed by atoms with van der Waals surface area (Å²) in [6.45, 7) is 1.64. The molecule has 4 rings (SSSR count). The van der Waals surface area contributed by atoms with Crippen LogP contribution < -0.4 is 5.32 Å². The summed E-state index contributed by atoms with van der Waals surface area (Å²) in [7, 11) is 0. The van der Waals surface area contributed by atoms with E-state index < -0.39 is 35.5 Å². The van der Waals surface area contributed by atoms with E-state index in [0.717, 1.165) is 17.5 Å². The van der Waals surface area contributed by atoms with E-state index in [-0.39, 0.29) is 30.8 Å². The molecular formula is C24H21F2N3O4. The van der Waals surface area contributed by atoms with Gasteiger partial charge in [0.05, 0.1) is 18.9 Å². The average molecular weight is 453 g/mol. The second kappa shape index (κ2) is 9.32. The molecule has 1 N–H and O–H groups in total. The van der Waals surface area contributed by atoms with Crippen LogP contribution in [0.3, 0.4) is 0 Å². The number of nitrogens with zero attached hydrogens (tertiary/aromatic N) is 2. The van der Waals surface area contributed by atoms with Crippen molar-refractivity contribution in [3.8, 4) is 0 Å². The molecular weight excluding hydrogens is 432 g/mol. The zero-order chi connectivity index (χ0) is 23.4. The lowest BCUT2D eigenvalue weighted by Gasteiger charge is -2.24. The van der Waals surface area contributed by atoms with Crippen molar-refractivity contribution in [1.29, 1.82) is 0 Å². The molecule has 1 unspecified atom stereocenters. The van der Waals surface area contributed by atoms with Crippen molar-refractivity contribution < 1.29 is 27.9 Å². The number of ether oxygens (including phenoxy) is 1. The molecule has 1 aliphatic rings. The summed E-state index contributed by atoms with van der Waals surface area (Å²) in [4.78, 5) is 35.0. The second-order valence-corrected chi connectivity index (χ2v) is 7.58. The molecule has 1 atom stereocenters. The van der Waals surface area contributed by atoms with Gasteiger partial charge in [-0.1, -0.05) is 35.5 Å². The topological polar surface area (TPSA) is 89.9 Å². The van der Waals surface area contributed by atoms with Gasteiger partial charge in [0.2, 0.25) is 5.60 Å². The smallest absolute Gasteiger partial charge is 0.354 e. The highest BCUT2D eigenvalue weighted by atomic mass is 19.1. The Labute approximate surface area is 188 Å². The van der Waals surface area contributed by atoms with Crippen LogP contribution in [0.2, 0.25) is 0 Å². The highest BCUT2D eigenvalue weighted by Crippen LogP contribution is 2.32. The molecule has 7 nitrogen and oxygen atoms in total. The largest absolute Gasteiger partial charge is 0.463 e. The maximum atomic E-state index is 14.2. The fourth-order valence-corrected chi connectivity index (χ4v) is 3.73. The fraction of sp³-hybridized carbons (Fsp3) is 0.250. The minimum absolute atomic E-state index is 0.0371. The summed E-state index contributed by atoms with van der Waals surface area (Å²) in [5.41, 5.74) is -1.45. The number of esters is 1. The quantitative estimate of drug-likeness (QED) is 0.553. The zero-order valence-corrected chi connectivity index (χ0v) is 17.8. The summed E-state index contributed by atoms with van der Waals surface area (Å²) < 4.78 is 33.6. The molecule has 3 aromatic rings. The van der Waals surface area contributed by atoms with Gasteiger partial charge < -0.3 is 14.9 Å². The number of rotatable bonds is 7. The lowest BCUT2D eigenvalue weighted by molar-refractivity contribution is -0.169. The first-order valence-electron chi connectivity index (χ1n) is 10.4. The number of carbonyl (C=O) groups excluding carboxylic acids is 2. The monoisotopic (exact) mass is 453 g/mol. The molecule has 1 aromatic heterocycles. The summed E-state index contributed by atoms with van der Waals surface area (Å²) in [5, 5.41) is 8.19. The molecule has 0 saturated heterocycles. The summed E-state index contributed by atoms with van der Waals surface area (Å²) in [6.07, 6.45) is 1.04. The van der Waals surface area contributed by atoms with E-state index >= 15 is 0 Å². The number of oxime groups is 1. The highest BCUT2D eigenvalue weighted by Gasteiger charge is 2.49. The van der Waals surface area contributed by atoms with E-state index in [2.05, 4.69) is 15.5 Å². The van der Waals surface area contributed by atoms with Crippen molar-refractivity contribution >= 4 is 28.4 Å². The number of pyridine rings is 1. The Kier molecular flexibility index (Phi) is 6.30. The number of carbonyl (C=O) groups is 2. The predicted molar refractivity (Wildman–Crippen MR) is 117 cm³/mol. The van der Waals surface area contributed by atoms with Crippen molar-refractivity contribution in [2.75, 3.05) is 13.2 Å². The number of amides is 1. The van der Waals surface area contributed by atoms with Gasteiger partial charge >= 0.3 is 5.97 Å². The Hall–Kier alpha value is -3.88. The first kappa shape index (κ1) is 22.3. The van der Waals surface area contributed by atoms with Crippen LogP contribution in [0.5, 0.6) is 0 Å². The zero-order valence-electron chi connectivity index (χ0n) is 17.8. The first-order valence-corrected chi connectivity index (χ1v) is 10.4. The van der Waals surface area contributed by atoms with Crippen molar-refractivity contribution in [1.82, 2.24) is 10.3 Å². The van der Waals surface area contributed by atoms with Gasteiger partial charge in [0.1, 0.15) is 17.3 Å². The molecule has 0 bridgehead atoms. The van der Waals surface area contributed by atoms with Gasteiger partial charge in [-0.2, -0.15) is 0 Å². The van der Waals surface area contributed by atoms with Crippen LogP contribution in [0.15, 0.2) is 59.9 Å². The molecule has 2 aromatic carbocycles. The van der Waals surface area contributed by atoms with Crippen molar-refractivity contribution in [3.05, 3.63) is 77.6 Å². The van der Waals surface area contributed by atoms with E-state index in [4.69, 9.17) is 9.57 Å². The predicted octanol–water partition coefficient (Wildman–Crippen LogP) is 3.56. The Balaban J connectivity index is 1.50. The average Bonchev–Trinajstić information content (AvgIpc) is 3.24. The van der Waals surface area contributed by atoms with Crippen LogP contribution >= 0.6 is 0 Å². The molecule has 0 radical (unpaired) electrons. The van der Waals surface area contributed by atoms with E-state index in [1.807, 2.05) is 18.2 Å². The summed E-state index contributed by atoms with van der Waals surface area (Å²) in [5.74, 6) is -2.81. The van der Waals surface area contributed by atoms with Gasteiger partial charge in [-0.3, -0.25) is 9.78 Å². The Morgan fingerprint density at radius 1 is 1.12 bits per heavy atom. The molecule has 2 heterocycles. The number of benzene rings is 2. The standard InChI is InChI=1S/C24H21F2N3O4/c1-2-32-23(31)24(13-18-19(25)8-5-9-20(18)26)12-16(29-33-24)14-28-22(30)21-17-7-4-3-6-15(17)10-11-27-21/h3-11H,2,12-14H2,1H3,(H,28,30). The number of nitrogens with one attached hydrogen (secondary N) is 1. The molecule has 1 amide bonds. The van der Waals surface area contributed by atoms with Crippen LogP contribution in [0, 0.1) is 11.6 Å². The van der Waals surface area contributed by atoms with Gasteiger partial charge in [-0.15, -0.1) is 0 Å². The third kappa shape index (κ3) is 4.52. The van der Waals surface area contributed by atoms with Crippen molar-refractivity contribution in [2.45, 2.75) is 25.4 Å². The summed E-state index contributed by atoms with van der Waals surface area (Å²) in [6, 6.07) is 12.6. The van der Waals surface area contributed by atoms with Gasteiger partial charge in [0.15, 0.2) is 0 Å². The second-order valence-electron chi connectivity index (χ2n) is 7.58. The van der Waals surface area contributed by atoms with Gasteiger partial charge in [0, 0.05) is 30.0 Å². The molecule has 0 spiro atoms.